The summed E-state index contributed by atoms with van der Waals surface area (Å²) in [4.78, 5) is 12.2. The Bertz CT molecular complexity index is 975. The molecule has 4 rings (SSSR count). The number of aromatic nitrogens is 1. The van der Waals surface area contributed by atoms with Crippen molar-refractivity contribution in [1.29, 1.82) is 0 Å². The molecule has 0 unspecified atom stereocenters. The minimum atomic E-state index is 0.0277. The van der Waals surface area contributed by atoms with Crippen molar-refractivity contribution in [2.45, 2.75) is 45.7 Å². The van der Waals surface area contributed by atoms with Crippen LogP contribution in [0.4, 0.5) is 0 Å². The molecule has 1 aliphatic carbocycles. The molecule has 0 saturated heterocycles. The van der Waals surface area contributed by atoms with Gasteiger partial charge in [0, 0.05) is 39.6 Å². The number of carbonyl (C=O) groups excluding carboxylic acids is 1. The molecule has 0 spiro atoms. The van der Waals surface area contributed by atoms with Crippen molar-refractivity contribution in [1.82, 2.24) is 9.88 Å². The second-order valence-electron chi connectivity index (χ2n) is 7.76. The summed E-state index contributed by atoms with van der Waals surface area (Å²) in [5.74, 6) is 0.178. The summed E-state index contributed by atoms with van der Waals surface area (Å²) >= 11 is 3.63. The van der Waals surface area contributed by atoms with Crippen LogP contribution in [0.5, 0.6) is 0 Å². The molecule has 1 N–H and O–H groups in total. The first-order chi connectivity index (χ1) is 13.0. The normalized spacial score (nSPS) is 16.5. The van der Waals surface area contributed by atoms with Crippen LogP contribution in [-0.4, -0.2) is 16.5 Å². The monoisotopic (exact) mass is 424 g/mol. The third kappa shape index (κ3) is 3.68. The van der Waals surface area contributed by atoms with Gasteiger partial charge in [-0.2, -0.15) is 0 Å². The first-order valence-corrected chi connectivity index (χ1v) is 10.5. The number of hydrogen-bond donors (Lipinski definition) is 1. The molecule has 0 aliphatic heterocycles. The van der Waals surface area contributed by atoms with E-state index in [0.717, 1.165) is 30.3 Å². The standard InChI is InChI=1S/C23H25BrN2O/c1-15(2)23(27)25-18-9-11-22-20(13-18)19-12-17(24)8-10-21(19)26(22)14-16-6-4-3-5-7-16/h3-8,10,12,15,18H,9,11,13-14H2,1-2H3,(H,25,27)/t18-/m0/s1. The number of benzene rings is 2. The van der Waals surface area contributed by atoms with E-state index in [1.54, 1.807) is 0 Å². The number of carbonyl (C=O) groups is 1. The molecule has 0 fully saturated rings. The molecule has 0 saturated carbocycles. The van der Waals surface area contributed by atoms with Gasteiger partial charge in [0.2, 0.25) is 5.91 Å². The molecule has 140 valence electrons. The predicted molar refractivity (Wildman–Crippen MR) is 114 cm³/mol. The van der Waals surface area contributed by atoms with E-state index in [0.29, 0.717) is 0 Å². The number of rotatable bonds is 4. The van der Waals surface area contributed by atoms with E-state index in [2.05, 4.69) is 74.3 Å². The van der Waals surface area contributed by atoms with Crippen LogP contribution in [0.2, 0.25) is 0 Å². The Kier molecular flexibility index (Phi) is 5.09. The van der Waals surface area contributed by atoms with E-state index in [9.17, 15) is 4.79 Å². The number of hydrogen-bond acceptors (Lipinski definition) is 1. The Morgan fingerprint density at radius 1 is 1.22 bits per heavy atom. The summed E-state index contributed by atoms with van der Waals surface area (Å²) in [7, 11) is 0. The molecule has 2 aromatic carbocycles. The summed E-state index contributed by atoms with van der Waals surface area (Å²) in [5.41, 5.74) is 5.41. The van der Waals surface area contributed by atoms with Gasteiger partial charge in [0.05, 0.1) is 0 Å². The Hall–Kier alpha value is -2.07. The second-order valence-corrected chi connectivity index (χ2v) is 8.68. The molecule has 0 bridgehead atoms. The zero-order chi connectivity index (χ0) is 19.0. The zero-order valence-corrected chi connectivity index (χ0v) is 17.4. The lowest BCUT2D eigenvalue weighted by Crippen LogP contribution is -2.41. The maximum atomic E-state index is 12.2. The highest BCUT2D eigenvalue weighted by molar-refractivity contribution is 9.10. The van der Waals surface area contributed by atoms with Crippen molar-refractivity contribution in [2.75, 3.05) is 0 Å². The van der Waals surface area contributed by atoms with E-state index < -0.39 is 0 Å². The van der Waals surface area contributed by atoms with Gasteiger partial charge in [-0.1, -0.05) is 60.1 Å². The zero-order valence-electron chi connectivity index (χ0n) is 15.8. The molecule has 3 nitrogen and oxygen atoms in total. The largest absolute Gasteiger partial charge is 0.353 e. The fraction of sp³-hybridized carbons (Fsp3) is 0.348. The highest BCUT2D eigenvalue weighted by atomic mass is 79.9. The SMILES string of the molecule is CC(C)C(=O)N[C@H]1CCc2c(c3cc(Br)ccc3n2Cc2ccccc2)C1. The van der Waals surface area contributed by atoms with Gasteiger partial charge in [-0.15, -0.1) is 0 Å². The molecular formula is C23H25BrN2O. The predicted octanol–water partition coefficient (Wildman–Crippen LogP) is 5.08. The van der Waals surface area contributed by atoms with Gasteiger partial charge in [-0.05, 0) is 48.6 Å². The minimum Gasteiger partial charge on any atom is -0.353 e. The number of nitrogens with zero attached hydrogens (tertiary/aromatic N) is 1. The molecular weight excluding hydrogens is 400 g/mol. The molecule has 1 heterocycles. The smallest absolute Gasteiger partial charge is 0.222 e. The lowest BCUT2D eigenvalue weighted by atomic mass is 9.91. The molecule has 27 heavy (non-hydrogen) atoms. The number of fused-ring (bicyclic) bond motifs is 3. The van der Waals surface area contributed by atoms with Crippen LogP contribution < -0.4 is 5.32 Å². The minimum absolute atomic E-state index is 0.0277. The summed E-state index contributed by atoms with van der Waals surface area (Å²) < 4.78 is 3.57. The maximum Gasteiger partial charge on any atom is 0.222 e. The van der Waals surface area contributed by atoms with E-state index in [1.165, 1.54) is 27.7 Å². The topological polar surface area (TPSA) is 34.0 Å². The first-order valence-electron chi connectivity index (χ1n) is 9.66. The lowest BCUT2D eigenvalue weighted by molar-refractivity contribution is -0.124. The average molecular weight is 425 g/mol. The molecule has 4 heteroatoms. The second kappa shape index (κ2) is 7.51. The summed E-state index contributed by atoms with van der Waals surface area (Å²) in [6.45, 7) is 4.79. The van der Waals surface area contributed by atoms with Crippen LogP contribution in [0.15, 0.2) is 53.0 Å². The third-order valence-corrected chi connectivity index (χ3v) is 5.98. The fourth-order valence-corrected chi connectivity index (χ4v) is 4.42. The Balaban J connectivity index is 1.73. The first kappa shape index (κ1) is 18.3. The quantitative estimate of drug-likeness (QED) is 0.622. The Labute approximate surface area is 168 Å². The van der Waals surface area contributed by atoms with Crippen LogP contribution in [0.25, 0.3) is 10.9 Å². The third-order valence-electron chi connectivity index (χ3n) is 5.48. The average Bonchev–Trinajstić information content (AvgIpc) is 2.95. The van der Waals surface area contributed by atoms with Gasteiger partial charge in [-0.3, -0.25) is 4.79 Å². The molecule has 1 aliphatic rings. The van der Waals surface area contributed by atoms with E-state index in [1.807, 2.05) is 13.8 Å². The summed E-state index contributed by atoms with van der Waals surface area (Å²) in [5, 5.41) is 4.54. The van der Waals surface area contributed by atoms with Gasteiger partial charge in [0.15, 0.2) is 0 Å². The number of amides is 1. The Morgan fingerprint density at radius 3 is 2.74 bits per heavy atom. The fourth-order valence-electron chi connectivity index (χ4n) is 4.06. The van der Waals surface area contributed by atoms with Gasteiger partial charge in [-0.25, -0.2) is 0 Å². The van der Waals surface area contributed by atoms with Crippen molar-refractivity contribution in [3.8, 4) is 0 Å². The van der Waals surface area contributed by atoms with Crippen LogP contribution in [0.3, 0.4) is 0 Å². The number of nitrogens with one attached hydrogen (secondary N) is 1. The van der Waals surface area contributed by atoms with Crippen molar-refractivity contribution >= 4 is 32.7 Å². The van der Waals surface area contributed by atoms with Crippen LogP contribution >= 0.6 is 15.9 Å². The maximum absolute atomic E-state index is 12.2. The van der Waals surface area contributed by atoms with Gasteiger partial charge >= 0.3 is 0 Å². The van der Waals surface area contributed by atoms with E-state index in [4.69, 9.17) is 0 Å². The lowest BCUT2D eigenvalue weighted by Gasteiger charge is -2.26. The van der Waals surface area contributed by atoms with Crippen molar-refractivity contribution < 1.29 is 4.79 Å². The molecule has 3 aromatic rings. The van der Waals surface area contributed by atoms with Crippen molar-refractivity contribution in [3.05, 3.63) is 69.8 Å². The van der Waals surface area contributed by atoms with Crippen LogP contribution in [-0.2, 0) is 24.2 Å². The van der Waals surface area contributed by atoms with Gasteiger partial charge in [0.25, 0.3) is 0 Å². The molecule has 1 amide bonds. The summed E-state index contributed by atoms with van der Waals surface area (Å²) in [6, 6.07) is 17.4. The summed E-state index contributed by atoms with van der Waals surface area (Å²) in [6.07, 6.45) is 2.90. The van der Waals surface area contributed by atoms with Crippen molar-refractivity contribution in [2.24, 2.45) is 5.92 Å². The Morgan fingerprint density at radius 2 is 2.00 bits per heavy atom. The molecule has 1 atom stereocenters. The van der Waals surface area contributed by atoms with E-state index in [-0.39, 0.29) is 17.9 Å². The van der Waals surface area contributed by atoms with Gasteiger partial charge in [0.1, 0.15) is 0 Å². The molecule has 0 radical (unpaired) electrons. The van der Waals surface area contributed by atoms with Crippen LogP contribution in [0, 0.1) is 5.92 Å². The highest BCUT2D eigenvalue weighted by Crippen LogP contribution is 2.34. The van der Waals surface area contributed by atoms with Crippen molar-refractivity contribution in [3.63, 3.8) is 0 Å². The number of halogens is 1. The highest BCUT2D eigenvalue weighted by Gasteiger charge is 2.27. The molecule has 1 aromatic heterocycles. The van der Waals surface area contributed by atoms with E-state index >= 15 is 0 Å². The van der Waals surface area contributed by atoms with Crippen LogP contribution in [0.1, 0.15) is 37.1 Å². The van der Waals surface area contributed by atoms with Gasteiger partial charge < -0.3 is 9.88 Å².